The van der Waals surface area contributed by atoms with E-state index in [-0.39, 0.29) is 0 Å². The van der Waals surface area contributed by atoms with E-state index in [0.717, 1.165) is 18.2 Å². The fraction of sp³-hybridized carbons (Fsp3) is 0.125. The summed E-state index contributed by atoms with van der Waals surface area (Å²) in [6.45, 7) is 1.29. The van der Waals surface area contributed by atoms with Crippen molar-refractivity contribution in [3.8, 4) is 0 Å². The molecule has 120 valence electrons. The van der Waals surface area contributed by atoms with E-state index in [2.05, 4.69) is 5.32 Å². The first kappa shape index (κ1) is 16.9. The number of benzene rings is 2. The molecule has 23 heavy (non-hydrogen) atoms. The Labute approximate surface area is 136 Å². The van der Waals surface area contributed by atoms with Crippen molar-refractivity contribution in [2.75, 3.05) is 5.32 Å². The second-order valence-corrected chi connectivity index (χ2v) is 5.08. The van der Waals surface area contributed by atoms with Crippen molar-refractivity contribution in [1.82, 2.24) is 0 Å². The average Bonchev–Trinajstić information content (AvgIpc) is 2.49. The predicted molar refractivity (Wildman–Crippen MR) is 81.3 cm³/mol. The number of ether oxygens (including phenoxy) is 1. The zero-order valence-corrected chi connectivity index (χ0v) is 12.7. The van der Waals surface area contributed by atoms with Gasteiger partial charge in [-0.15, -0.1) is 0 Å². The van der Waals surface area contributed by atoms with Crippen molar-refractivity contribution in [2.45, 2.75) is 13.0 Å². The van der Waals surface area contributed by atoms with E-state index in [1.54, 1.807) is 24.3 Å². The maximum absolute atomic E-state index is 13.5. The molecule has 0 aromatic heterocycles. The Morgan fingerprint density at radius 2 is 1.65 bits per heavy atom. The van der Waals surface area contributed by atoms with Gasteiger partial charge in [-0.25, -0.2) is 13.6 Å². The molecule has 2 aromatic carbocycles. The summed E-state index contributed by atoms with van der Waals surface area (Å²) in [4.78, 5) is 23.7. The Hall–Kier alpha value is -2.47. The van der Waals surface area contributed by atoms with Crippen molar-refractivity contribution in [2.24, 2.45) is 0 Å². The maximum atomic E-state index is 13.5. The van der Waals surface area contributed by atoms with Gasteiger partial charge in [-0.1, -0.05) is 17.7 Å². The van der Waals surface area contributed by atoms with Gasteiger partial charge in [0.15, 0.2) is 6.10 Å². The van der Waals surface area contributed by atoms with Crippen molar-refractivity contribution >= 4 is 29.2 Å². The average molecular weight is 340 g/mol. The summed E-state index contributed by atoms with van der Waals surface area (Å²) in [6, 6.07) is 9.25. The smallest absolute Gasteiger partial charge is 0.344 e. The Morgan fingerprint density at radius 3 is 2.22 bits per heavy atom. The molecule has 0 heterocycles. The lowest BCUT2D eigenvalue weighted by molar-refractivity contribution is -0.123. The number of amides is 1. The molecule has 0 fully saturated rings. The zero-order valence-electron chi connectivity index (χ0n) is 12.0. The van der Waals surface area contributed by atoms with E-state index in [1.165, 1.54) is 6.92 Å². The molecule has 0 aliphatic rings. The monoisotopic (exact) mass is 339 g/mol. The van der Waals surface area contributed by atoms with Crippen LogP contribution < -0.4 is 5.32 Å². The molecule has 0 saturated carbocycles. The Morgan fingerprint density at radius 1 is 1.09 bits per heavy atom. The van der Waals surface area contributed by atoms with Gasteiger partial charge in [0, 0.05) is 10.7 Å². The third-order valence-corrected chi connectivity index (χ3v) is 3.18. The van der Waals surface area contributed by atoms with Gasteiger partial charge in [-0.2, -0.15) is 0 Å². The zero-order chi connectivity index (χ0) is 17.0. The highest BCUT2D eigenvalue weighted by molar-refractivity contribution is 6.30. The van der Waals surface area contributed by atoms with Crippen LogP contribution in [0.4, 0.5) is 14.5 Å². The molecule has 0 aliphatic carbocycles. The van der Waals surface area contributed by atoms with Crippen LogP contribution in [-0.4, -0.2) is 18.0 Å². The van der Waals surface area contributed by atoms with E-state index < -0.39 is 35.2 Å². The second kappa shape index (κ2) is 7.19. The molecule has 7 heteroatoms. The fourth-order valence-electron chi connectivity index (χ4n) is 1.74. The molecule has 0 bridgehead atoms. The number of anilines is 1. The number of hydrogen-bond acceptors (Lipinski definition) is 3. The predicted octanol–water partition coefficient (Wildman–Crippen LogP) is 3.80. The Bertz CT molecular complexity index is 714. The van der Waals surface area contributed by atoms with Gasteiger partial charge in [0.1, 0.15) is 17.2 Å². The molecule has 2 aromatic rings. The molecule has 0 saturated heterocycles. The molecular formula is C16H12ClF2NO3. The van der Waals surface area contributed by atoms with Crippen molar-refractivity contribution in [3.05, 3.63) is 64.7 Å². The summed E-state index contributed by atoms with van der Waals surface area (Å²) in [5, 5.41) is 2.99. The third kappa shape index (κ3) is 4.26. The summed E-state index contributed by atoms with van der Waals surface area (Å²) in [5.74, 6) is -4.00. The van der Waals surface area contributed by atoms with Crippen molar-refractivity contribution in [3.63, 3.8) is 0 Å². The van der Waals surface area contributed by atoms with Crippen LogP contribution in [0.25, 0.3) is 0 Å². The molecule has 1 atom stereocenters. The van der Waals surface area contributed by atoms with Crippen LogP contribution in [0.1, 0.15) is 17.3 Å². The first-order chi connectivity index (χ1) is 10.9. The highest BCUT2D eigenvalue weighted by atomic mass is 35.5. The van der Waals surface area contributed by atoms with Crippen LogP contribution in [0.2, 0.25) is 5.02 Å². The van der Waals surface area contributed by atoms with Gasteiger partial charge in [0.25, 0.3) is 5.91 Å². The first-order valence-corrected chi connectivity index (χ1v) is 6.97. The molecule has 0 radical (unpaired) electrons. The lowest BCUT2D eigenvalue weighted by Crippen LogP contribution is -2.30. The van der Waals surface area contributed by atoms with Gasteiger partial charge in [0.2, 0.25) is 0 Å². The minimum absolute atomic E-state index is 0.444. The van der Waals surface area contributed by atoms with Gasteiger partial charge in [-0.05, 0) is 43.3 Å². The molecule has 1 amide bonds. The van der Waals surface area contributed by atoms with E-state index in [1.807, 2.05) is 0 Å². The molecule has 4 nitrogen and oxygen atoms in total. The summed E-state index contributed by atoms with van der Waals surface area (Å²) < 4.78 is 31.8. The highest BCUT2D eigenvalue weighted by Gasteiger charge is 2.24. The lowest BCUT2D eigenvalue weighted by Gasteiger charge is -2.14. The number of carbonyl (C=O) groups is 2. The third-order valence-electron chi connectivity index (χ3n) is 2.93. The first-order valence-electron chi connectivity index (χ1n) is 6.60. The van der Waals surface area contributed by atoms with Gasteiger partial charge >= 0.3 is 5.97 Å². The summed E-state index contributed by atoms with van der Waals surface area (Å²) in [7, 11) is 0. The minimum atomic E-state index is -1.25. The van der Waals surface area contributed by atoms with Crippen molar-refractivity contribution in [1.29, 1.82) is 0 Å². The van der Waals surface area contributed by atoms with Crippen molar-refractivity contribution < 1.29 is 23.1 Å². The maximum Gasteiger partial charge on any atom is 0.344 e. The molecule has 0 spiro atoms. The van der Waals surface area contributed by atoms with Gasteiger partial charge in [0.05, 0.1) is 0 Å². The van der Waals surface area contributed by atoms with E-state index in [0.29, 0.717) is 10.7 Å². The van der Waals surface area contributed by atoms with Gasteiger partial charge < -0.3 is 10.1 Å². The normalized spacial score (nSPS) is 11.7. The quantitative estimate of drug-likeness (QED) is 0.862. The summed E-state index contributed by atoms with van der Waals surface area (Å²) in [5.41, 5.74) is -0.391. The SMILES string of the molecule is CC(OC(=O)c1c(F)cccc1F)C(=O)Nc1ccc(Cl)cc1. The van der Waals surface area contributed by atoms with E-state index in [4.69, 9.17) is 16.3 Å². The number of hydrogen-bond donors (Lipinski definition) is 1. The van der Waals surface area contributed by atoms with E-state index in [9.17, 15) is 18.4 Å². The van der Waals surface area contributed by atoms with E-state index >= 15 is 0 Å². The van der Waals surface area contributed by atoms with Crippen LogP contribution in [-0.2, 0) is 9.53 Å². The standard InChI is InChI=1S/C16H12ClF2NO3/c1-9(15(21)20-11-7-5-10(17)6-8-11)23-16(22)14-12(18)3-2-4-13(14)19/h2-9H,1H3,(H,20,21). The second-order valence-electron chi connectivity index (χ2n) is 4.64. The van der Waals surface area contributed by atoms with Crippen LogP contribution in [0, 0.1) is 11.6 Å². The largest absolute Gasteiger partial charge is 0.449 e. The summed E-state index contributed by atoms with van der Waals surface area (Å²) in [6.07, 6.45) is -1.24. The molecule has 1 N–H and O–H groups in total. The number of rotatable bonds is 4. The van der Waals surface area contributed by atoms with Crippen LogP contribution in [0.3, 0.4) is 0 Å². The highest BCUT2D eigenvalue weighted by Crippen LogP contribution is 2.16. The van der Waals surface area contributed by atoms with Gasteiger partial charge in [-0.3, -0.25) is 4.79 Å². The molecule has 0 aliphatic heterocycles. The molecule has 2 rings (SSSR count). The topological polar surface area (TPSA) is 55.4 Å². The lowest BCUT2D eigenvalue weighted by atomic mass is 10.2. The fourth-order valence-corrected chi connectivity index (χ4v) is 1.87. The van der Waals surface area contributed by atoms with Crippen LogP contribution in [0.5, 0.6) is 0 Å². The molecular weight excluding hydrogens is 328 g/mol. The van der Waals surface area contributed by atoms with Crippen LogP contribution >= 0.6 is 11.6 Å². The summed E-state index contributed by atoms with van der Waals surface area (Å²) >= 11 is 5.72. The number of nitrogens with one attached hydrogen (secondary N) is 1. The number of esters is 1. The Kier molecular flexibility index (Phi) is 5.28. The Balaban J connectivity index is 2.03. The minimum Gasteiger partial charge on any atom is -0.449 e. The number of halogens is 3. The molecule has 1 unspecified atom stereocenters. The van der Waals surface area contributed by atoms with Crippen LogP contribution in [0.15, 0.2) is 42.5 Å². The number of carbonyl (C=O) groups excluding carboxylic acids is 2.